The van der Waals surface area contributed by atoms with E-state index < -0.39 is 6.29 Å². The maximum absolute atomic E-state index is 12.2. The molecule has 0 aliphatic carbocycles. The Balaban J connectivity index is 1.54. The second-order valence-corrected chi connectivity index (χ2v) is 5.76. The average molecular weight is 323 g/mol. The Morgan fingerprint density at radius 2 is 1.75 bits per heavy atom. The molecule has 0 bridgehead atoms. The summed E-state index contributed by atoms with van der Waals surface area (Å²) >= 11 is 0. The Bertz CT molecular complexity index is 685. The molecule has 1 fully saturated rings. The minimum atomic E-state index is -0.398. The molecule has 124 valence electrons. The van der Waals surface area contributed by atoms with E-state index in [1.807, 2.05) is 67.6 Å². The maximum Gasteiger partial charge on any atom is 0.251 e. The molecule has 1 aliphatic heterocycles. The van der Waals surface area contributed by atoms with Crippen molar-refractivity contribution in [1.82, 2.24) is 5.32 Å². The largest absolute Gasteiger partial charge is 0.347 e. The third kappa shape index (κ3) is 4.31. The lowest BCUT2D eigenvalue weighted by Crippen LogP contribution is -2.51. The Labute approximate surface area is 142 Å². The van der Waals surface area contributed by atoms with Gasteiger partial charge in [0.2, 0.25) is 0 Å². The molecule has 1 N–H and O–H groups in total. The van der Waals surface area contributed by atoms with Gasteiger partial charge in [-0.3, -0.25) is 4.79 Å². The second kappa shape index (κ2) is 7.90. The van der Waals surface area contributed by atoms with Crippen LogP contribution in [0.4, 0.5) is 0 Å². The molecule has 0 spiro atoms. The molecule has 4 heteroatoms. The van der Waals surface area contributed by atoms with Gasteiger partial charge in [-0.05, 0) is 30.7 Å². The summed E-state index contributed by atoms with van der Waals surface area (Å²) in [6, 6.07) is 19.0. The van der Waals surface area contributed by atoms with Crippen LogP contribution in [0.3, 0.4) is 0 Å². The number of benzene rings is 2. The molecule has 1 amide bonds. The number of nitrogens with one attached hydrogen (secondary N) is 1. The lowest BCUT2D eigenvalue weighted by Gasteiger charge is -2.34. The van der Waals surface area contributed by atoms with Gasteiger partial charge in [0.15, 0.2) is 6.29 Å². The van der Waals surface area contributed by atoms with Crippen LogP contribution < -0.4 is 5.32 Å². The van der Waals surface area contributed by atoms with E-state index in [2.05, 4.69) is 5.32 Å². The first-order valence-electron chi connectivity index (χ1n) is 8.08. The first-order chi connectivity index (χ1) is 11.7. The molecule has 1 aliphatic rings. The van der Waals surface area contributed by atoms with E-state index in [1.165, 1.54) is 0 Å². The minimum absolute atomic E-state index is 0.113. The monoisotopic (exact) mass is 323 g/mol. The van der Waals surface area contributed by atoms with Gasteiger partial charge in [-0.1, -0.05) is 54.6 Å². The zero-order valence-electron chi connectivity index (χ0n) is 13.6. The zero-order valence-corrected chi connectivity index (χ0v) is 13.6. The van der Waals surface area contributed by atoms with Crippen LogP contribution in [0.25, 0.3) is 6.08 Å². The van der Waals surface area contributed by atoms with Crippen LogP contribution in [0.15, 0.2) is 66.7 Å². The Morgan fingerprint density at radius 1 is 1.08 bits per heavy atom. The van der Waals surface area contributed by atoms with E-state index in [0.29, 0.717) is 12.2 Å². The number of hydrogen-bond donors (Lipinski definition) is 1. The number of amides is 1. The summed E-state index contributed by atoms with van der Waals surface area (Å²) in [5.41, 5.74) is 1.73. The van der Waals surface area contributed by atoms with Crippen molar-refractivity contribution in [2.45, 2.75) is 25.4 Å². The maximum atomic E-state index is 12.2. The van der Waals surface area contributed by atoms with Gasteiger partial charge in [0.05, 0.1) is 18.8 Å². The van der Waals surface area contributed by atoms with Crippen molar-refractivity contribution >= 4 is 12.0 Å². The van der Waals surface area contributed by atoms with Crippen molar-refractivity contribution in [2.24, 2.45) is 0 Å². The van der Waals surface area contributed by atoms with Gasteiger partial charge in [0.25, 0.3) is 5.91 Å². The molecule has 0 aromatic heterocycles. The Morgan fingerprint density at radius 3 is 2.42 bits per heavy atom. The molecule has 24 heavy (non-hydrogen) atoms. The predicted molar refractivity (Wildman–Crippen MR) is 93.5 cm³/mol. The summed E-state index contributed by atoms with van der Waals surface area (Å²) in [5.74, 6) is -0.113. The Kier molecular flexibility index (Phi) is 5.41. The van der Waals surface area contributed by atoms with Gasteiger partial charge < -0.3 is 14.8 Å². The smallest absolute Gasteiger partial charge is 0.251 e. The van der Waals surface area contributed by atoms with Crippen molar-refractivity contribution in [3.05, 3.63) is 77.9 Å². The summed E-state index contributed by atoms with van der Waals surface area (Å²) in [4.78, 5) is 12.2. The number of carbonyl (C=O) groups excluding carboxylic acids is 1. The van der Waals surface area contributed by atoms with Gasteiger partial charge in [0, 0.05) is 5.56 Å². The highest BCUT2D eigenvalue weighted by molar-refractivity contribution is 5.94. The molecule has 0 radical (unpaired) electrons. The molecule has 2 aromatic carbocycles. The van der Waals surface area contributed by atoms with Crippen LogP contribution in [-0.4, -0.2) is 30.9 Å². The third-order valence-corrected chi connectivity index (χ3v) is 3.95. The predicted octanol–water partition coefficient (Wildman–Crippen LogP) is 3.26. The normalized spacial score (nSPS) is 24.0. The Hall–Kier alpha value is -2.43. The van der Waals surface area contributed by atoms with Crippen LogP contribution >= 0.6 is 0 Å². The van der Waals surface area contributed by atoms with Crippen LogP contribution in [0.1, 0.15) is 22.8 Å². The lowest BCUT2D eigenvalue weighted by molar-refractivity contribution is -0.192. The molecule has 1 heterocycles. The minimum Gasteiger partial charge on any atom is -0.347 e. The first kappa shape index (κ1) is 16.4. The van der Waals surface area contributed by atoms with Crippen molar-refractivity contribution in [1.29, 1.82) is 0 Å². The molecule has 2 aromatic rings. The number of rotatable bonds is 4. The molecular formula is C20H21NO3. The quantitative estimate of drug-likeness (QED) is 0.939. The topological polar surface area (TPSA) is 47.6 Å². The highest BCUT2D eigenvalue weighted by atomic mass is 16.7. The van der Waals surface area contributed by atoms with Gasteiger partial charge in [0.1, 0.15) is 0 Å². The van der Waals surface area contributed by atoms with Crippen molar-refractivity contribution in [3.8, 4) is 0 Å². The number of hydrogen-bond acceptors (Lipinski definition) is 3. The lowest BCUT2D eigenvalue weighted by atomic mass is 10.1. The van der Waals surface area contributed by atoms with Crippen molar-refractivity contribution in [2.75, 3.05) is 6.61 Å². The van der Waals surface area contributed by atoms with Crippen molar-refractivity contribution < 1.29 is 14.3 Å². The van der Waals surface area contributed by atoms with E-state index in [0.717, 1.165) is 5.56 Å². The van der Waals surface area contributed by atoms with Crippen LogP contribution in [-0.2, 0) is 9.47 Å². The molecule has 3 atom stereocenters. The van der Waals surface area contributed by atoms with Crippen LogP contribution in [0.2, 0.25) is 0 Å². The molecule has 0 unspecified atom stereocenters. The third-order valence-electron chi connectivity index (χ3n) is 3.95. The first-order valence-corrected chi connectivity index (χ1v) is 8.08. The summed E-state index contributed by atoms with van der Waals surface area (Å²) in [7, 11) is 0. The van der Waals surface area contributed by atoms with E-state index in [9.17, 15) is 4.79 Å². The molecule has 3 rings (SSSR count). The summed E-state index contributed by atoms with van der Waals surface area (Å²) in [5, 5.41) is 2.97. The fourth-order valence-corrected chi connectivity index (χ4v) is 2.53. The van der Waals surface area contributed by atoms with Gasteiger partial charge in [-0.25, -0.2) is 0 Å². The fraction of sp³-hybridized carbons (Fsp3) is 0.250. The van der Waals surface area contributed by atoms with Gasteiger partial charge in [-0.15, -0.1) is 0 Å². The fourth-order valence-electron chi connectivity index (χ4n) is 2.53. The van der Waals surface area contributed by atoms with E-state index in [1.54, 1.807) is 12.1 Å². The summed E-state index contributed by atoms with van der Waals surface area (Å²) in [6.07, 6.45) is 3.34. The van der Waals surface area contributed by atoms with Gasteiger partial charge in [-0.2, -0.15) is 0 Å². The standard InChI is InChI=1S/C20H21NO3/c1-15-18(21-20(22)17-10-6-3-7-11-17)14-23-19(24-15)13-12-16-8-4-2-5-9-16/h2-13,15,18-19H,14H2,1H3,(H,21,22)/b13-12+/t15-,18+,19-/m0/s1. The SMILES string of the molecule is C[C@@H]1O[C@@H](/C=C/c2ccccc2)OC[C@H]1NC(=O)c1ccccc1. The molecule has 1 saturated heterocycles. The van der Waals surface area contributed by atoms with Crippen LogP contribution in [0, 0.1) is 0 Å². The van der Waals surface area contributed by atoms with E-state index in [4.69, 9.17) is 9.47 Å². The van der Waals surface area contributed by atoms with E-state index >= 15 is 0 Å². The average Bonchev–Trinajstić information content (AvgIpc) is 2.63. The molecule has 4 nitrogen and oxygen atoms in total. The highest BCUT2D eigenvalue weighted by Crippen LogP contribution is 2.16. The highest BCUT2D eigenvalue weighted by Gasteiger charge is 2.29. The summed E-state index contributed by atoms with van der Waals surface area (Å²) < 4.78 is 11.5. The van der Waals surface area contributed by atoms with E-state index in [-0.39, 0.29) is 18.1 Å². The zero-order chi connectivity index (χ0) is 16.8. The van der Waals surface area contributed by atoms with Crippen LogP contribution in [0.5, 0.6) is 0 Å². The molecular weight excluding hydrogens is 302 g/mol. The van der Waals surface area contributed by atoms with Gasteiger partial charge >= 0.3 is 0 Å². The number of carbonyl (C=O) groups is 1. The second-order valence-electron chi connectivity index (χ2n) is 5.76. The molecule has 0 saturated carbocycles. The van der Waals surface area contributed by atoms with Crippen molar-refractivity contribution in [3.63, 3.8) is 0 Å². The number of ether oxygens (including phenoxy) is 2. The summed E-state index contributed by atoms with van der Waals surface area (Å²) in [6.45, 7) is 2.37.